The summed E-state index contributed by atoms with van der Waals surface area (Å²) < 4.78 is 37.5. The van der Waals surface area contributed by atoms with Gasteiger partial charge in [0.15, 0.2) is 6.00 Å². The Morgan fingerprint density at radius 1 is 1.22 bits per heavy atom. The number of nitrogens with zero attached hydrogens (tertiary/aromatic N) is 1. The molecule has 1 heterocycles. The molecule has 0 aromatic heterocycles. The molecule has 0 bridgehead atoms. The maximum Gasteiger partial charge on any atom is 0.635 e. The lowest BCUT2D eigenvalue weighted by molar-refractivity contribution is -0.146. The number of carbonyl (C=O) groups is 2. The molecule has 1 aromatic rings. The average molecular weight is 396 g/mol. The second-order valence-corrected chi connectivity index (χ2v) is 7.20. The Balaban J connectivity index is 2.08. The van der Waals surface area contributed by atoms with E-state index in [4.69, 9.17) is 18.6 Å². The maximum absolute atomic E-state index is 11.8. The fourth-order valence-electron chi connectivity index (χ4n) is 2.44. The van der Waals surface area contributed by atoms with Gasteiger partial charge in [-0.3, -0.25) is 18.7 Å². The third-order valence-electron chi connectivity index (χ3n) is 3.57. The molecule has 0 amide bonds. The summed E-state index contributed by atoms with van der Waals surface area (Å²) in [5, 5.41) is 4.93. The van der Waals surface area contributed by atoms with Crippen LogP contribution in [0.15, 0.2) is 42.5 Å². The summed E-state index contributed by atoms with van der Waals surface area (Å²) in [6, 6.07) is 8.27. The summed E-state index contributed by atoms with van der Waals surface area (Å²) in [6.45, 7) is -0.295. The van der Waals surface area contributed by atoms with Crippen LogP contribution in [-0.2, 0) is 39.8 Å². The molecule has 1 aliphatic heterocycles. The van der Waals surface area contributed by atoms with Gasteiger partial charge in [0.2, 0.25) is 0 Å². The smallest absolute Gasteiger partial charge is 0.496 e. The predicted molar refractivity (Wildman–Crippen MR) is 97.3 cm³/mol. The van der Waals surface area contributed by atoms with E-state index in [1.54, 1.807) is 13.1 Å². The van der Waals surface area contributed by atoms with Crippen molar-refractivity contribution in [2.45, 2.75) is 18.8 Å². The lowest BCUT2D eigenvalue weighted by Crippen LogP contribution is -2.49. The lowest BCUT2D eigenvalue weighted by Gasteiger charge is -2.25. The molecule has 1 aliphatic rings. The van der Waals surface area contributed by atoms with Gasteiger partial charge in [-0.15, -0.1) is 0 Å². The zero-order valence-electron chi connectivity index (χ0n) is 14.8. The van der Waals surface area contributed by atoms with E-state index in [-0.39, 0.29) is 13.1 Å². The molecule has 0 radical (unpaired) electrons. The SMILES string of the molecule is CN1CC(=O)OB(C(C=CCCc2ccccc2)OS(N)(=O)=O)OC(=O)C1. The molecule has 0 aliphatic carbocycles. The van der Waals surface area contributed by atoms with Crippen molar-refractivity contribution < 1.29 is 31.5 Å². The van der Waals surface area contributed by atoms with Gasteiger partial charge in [0.1, 0.15) is 0 Å². The first-order valence-electron chi connectivity index (χ1n) is 8.22. The molecule has 9 nitrogen and oxygen atoms in total. The van der Waals surface area contributed by atoms with E-state index in [0.29, 0.717) is 12.8 Å². The number of nitrogens with two attached hydrogens (primary N) is 1. The van der Waals surface area contributed by atoms with E-state index >= 15 is 0 Å². The van der Waals surface area contributed by atoms with Crippen molar-refractivity contribution in [3.8, 4) is 0 Å². The molecule has 2 rings (SSSR count). The van der Waals surface area contributed by atoms with Crippen molar-refractivity contribution in [3.05, 3.63) is 48.0 Å². The molecule has 1 unspecified atom stereocenters. The number of hydrogen-bond donors (Lipinski definition) is 1. The van der Waals surface area contributed by atoms with Gasteiger partial charge in [0.25, 0.3) is 0 Å². The van der Waals surface area contributed by atoms with Crippen molar-refractivity contribution >= 4 is 29.4 Å². The molecular weight excluding hydrogens is 375 g/mol. The van der Waals surface area contributed by atoms with Crippen LogP contribution < -0.4 is 5.14 Å². The second kappa shape index (κ2) is 9.65. The molecule has 0 spiro atoms. The molecule has 1 atom stereocenters. The number of allylic oxidation sites excluding steroid dienone is 1. The number of rotatable bonds is 7. The molecular formula is C16H21BN2O7S. The van der Waals surface area contributed by atoms with Crippen LogP contribution in [0.5, 0.6) is 0 Å². The minimum Gasteiger partial charge on any atom is -0.496 e. The Bertz CT molecular complexity index is 765. The Kier molecular flexibility index (Phi) is 7.54. The van der Waals surface area contributed by atoms with Crippen LogP contribution in [0.2, 0.25) is 0 Å². The van der Waals surface area contributed by atoms with Gasteiger partial charge in [-0.2, -0.15) is 8.42 Å². The van der Waals surface area contributed by atoms with Crippen molar-refractivity contribution in [2.75, 3.05) is 20.1 Å². The van der Waals surface area contributed by atoms with Gasteiger partial charge >= 0.3 is 29.4 Å². The van der Waals surface area contributed by atoms with Gasteiger partial charge in [0.05, 0.1) is 13.1 Å². The van der Waals surface area contributed by atoms with Crippen LogP contribution in [0.25, 0.3) is 0 Å². The van der Waals surface area contributed by atoms with Crippen LogP contribution in [0.1, 0.15) is 12.0 Å². The van der Waals surface area contributed by atoms with E-state index in [0.717, 1.165) is 5.56 Å². The van der Waals surface area contributed by atoms with Crippen molar-refractivity contribution in [1.29, 1.82) is 0 Å². The second-order valence-electron chi connectivity index (χ2n) is 6.03. The summed E-state index contributed by atoms with van der Waals surface area (Å²) in [5.41, 5.74) is 1.10. The van der Waals surface area contributed by atoms with Gasteiger partial charge in [-0.25, -0.2) is 5.14 Å². The molecule has 1 saturated heterocycles. The summed E-state index contributed by atoms with van der Waals surface area (Å²) in [5.74, 6) is -1.37. The highest BCUT2D eigenvalue weighted by atomic mass is 32.2. The third-order valence-corrected chi connectivity index (χ3v) is 4.07. The highest BCUT2D eigenvalue weighted by molar-refractivity contribution is 7.84. The minimum absolute atomic E-state index is 0.147. The summed E-state index contributed by atoms with van der Waals surface area (Å²) in [4.78, 5) is 25.1. The monoisotopic (exact) mass is 396 g/mol. The predicted octanol–water partition coefficient (Wildman–Crippen LogP) is -0.177. The largest absolute Gasteiger partial charge is 0.635 e. The first kappa shape index (κ1) is 21.1. The van der Waals surface area contributed by atoms with E-state index in [1.807, 2.05) is 30.3 Å². The first-order valence-corrected chi connectivity index (χ1v) is 9.69. The van der Waals surface area contributed by atoms with Crippen LogP contribution >= 0.6 is 0 Å². The van der Waals surface area contributed by atoms with Crippen LogP contribution in [0, 0.1) is 0 Å². The topological polar surface area (TPSA) is 125 Å². The van der Waals surface area contributed by atoms with Crippen molar-refractivity contribution in [2.24, 2.45) is 5.14 Å². The van der Waals surface area contributed by atoms with Crippen molar-refractivity contribution in [1.82, 2.24) is 4.90 Å². The Morgan fingerprint density at radius 3 is 2.37 bits per heavy atom. The van der Waals surface area contributed by atoms with Gasteiger partial charge < -0.3 is 9.31 Å². The number of benzene rings is 1. The first-order chi connectivity index (χ1) is 12.7. The normalized spacial score (nSPS) is 17.9. The third kappa shape index (κ3) is 7.91. The number of carbonyl (C=O) groups excluding carboxylic acids is 2. The van der Waals surface area contributed by atoms with Gasteiger partial charge in [0, 0.05) is 0 Å². The standard InChI is InChI=1S/C16H21BN2O7S/c1-19-11-15(20)24-17(25-16(21)12-19)14(26-27(18,22)23)10-6-5-9-13-7-3-2-4-8-13/h2-4,6-8,10,14H,5,9,11-12H2,1H3,(H2,18,22,23). The number of likely N-dealkylation sites (N-methyl/N-ethyl adjacent to an activating group) is 1. The molecule has 2 N–H and O–H groups in total. The molecule has 1 aromatic carbocycles. The zero-order chi connectivity index (χ0) is 19.9. The van der Waals surface area contributed by atoms with Gasteiger partial charge in [-0.05, 0) is 25.5 Å². The van der Waals surface area contributed by atoms with E-state index < -0.39 is 35.4 Å². The van der Waals surface area contributed by atoms with Gasteiger partial charge in [-0.1, -0.05) is 42.5 Å². The van der Waals surface area contributed by atoms with Crippen LogP contribution in [0.3, 0.4) is 0 Å². The lowest BCUT2D eigenvalue weighted by atomic mass is 9.80. The number of hydrogen-bond acceptors (Lipinski definition) is 8. The molecule has 1 fully saturated rings. The average Bonchev–Trinajstić information content (AvgIpc) is 2.55. The Labute approximate surface area is 158 Å². The van der Waals surface area contributed by atoms with Crippen LogP contribution in [0.4, 0.5) is 0 Å². The fraction of sp³-hybridized carbons (Fsp3) is 0.375. The zero-order valence-corrected chi connectivity index (χ0v) is 15.6. The maximum atomic E-state index is 11.8. The molecule has 27 heavy (non-hydrogen) atoms. The Hall–Kier alpha value is -2.21. The quantitative estimate of drug-likeness (QED) is 0.497. The highest BCUT2D eigenvalue weighted by Crippen LogP contribution is 2.11. The summed E-state index contributed by atoms with van der Waals surface area (Å²) in [6.07, 6.45) is 4.26. The number of aryl methyl sites for hydroxylation is 1. The summed E-state index contributed by atoms with van der Waals surface area (Å²) >= 11 is 0. The van der Waals surface area contributed by atoms with E-state index in [9.17, 15) is 18.0 Å². The summed E-state index contributed by atoms with van der Waals surface area (Å²) in [7, 11) is -4.38. The van der Waals surface area contributed by atoms with E-state index in [2.05, 4.69) is 0 Å². The van der Waals surface area contributed by atoms with Crippen molar-refractivity contribution in [3.63, 3.8) is 0 Å². The van der Waals surface area contributed by atoms with Crippen LogP contribution in [-0.4, -0.2) is 58.5 Å². The Morgan fingerprint density at radius 2 is 1.81 bits per heavy atom. The van der Waals surface area contributed by atoms with E-state index in [1.165, 1.54) is 11.0 Å². The molecule has 146 valence electrons. The highest BCUT2D eigenvalue weighted by Gasteiger charge is 2.41. The fourth-order valence-corrected chi connectivity index (χ4v) is 2.90. The molecule has 0 saturated carbocycles. The minimum atomic E-state index is -4.37. The molecule has 11 heteroatoms.